The van der Waals surface area contributed by atoms with Crippen LogP contribution in [0.2, 0.25) is 20.1 Å². The van der Waals surface area contributed by atoms with Gasteiger partial charge in [-0.1, -0.05) is 88.9 Å². The van der Waals surface area contributed by atoms with Gasteiger partial charge in [-0.3, -0.25) is 0 Å². The van der Waals surface area contributed by atoms with Crippen LogP contribution in [0.15, 0.2) is 54.6 Å². The lowest BCUT2D eigenvalue weighted by atomic mass is 9.94. The summed E-state index contributed by atoms with van der Waals surface area (Å²) in [4.78, 5) is 0. The average Bonchev–Trinajstić information content (AvgIpc) is 2.53. The molecule has 22 heavy (non-hydrogen) atoms. The molecule has 0 nitrogen and oxygen atoms in total. The molecule has 0 heterocycles. The molecule has 0 aliphatic heterocycles. The molecule has 0 spiro atoms. The highest BCUT2D eigenvalue weighted by Gasteiger charge is 2.15. The van der Waals surface area contributed by atoms with Gasteiger partial charge in [0.05, 0.1) is 20.1 Å². The van der Waals surface area contributed by atoms with E-state index in [1.807, 2.05) is 42.5 Å². The molecule has 0 saturated heterocycles. The summed E-state index contributed by atoms with van der Waals surface area (Å²) in [5.41, 5.74) is 3.37. The van der Waals surface area contributed by atoms with Crippen LogP contribution in [-0.2, 0) is 0 Å². The lowest BCUT2D eigenvalue weighted by Gasteiger charge is -2.13. The molecular formula is C18H9Cl4. The largest absolute Gasteiger partial charge is 0.0827 e. The van der Waals surface area contributed by atoms with E-state index in [9.17, 15) is 0 Å². The molecule has 1 radical (unpaired) electrons. The van der Waals surface area contributed by atoms with Gasteiger partial charge < -0.3 is 0 Å². The number of rotatable bonds is 2. The van der Waals surface area contributed by atoms with Gasteiger partial charge in [0.1, 0.15) is 0 Å². The SMILES string of the molecule is Clc1cccc(-c2[c]cccc2-c2cccc(Cl)c2Cl)c1Cl. The van der Waals surface area contributed by atoms with Gasteiger partial charge in [0, 0.05) is 11.1 Å². The van der Waals surface area contributed by atoms with E-state index in [0.717, 1.165) is 22.3 Å². The number of halogens is 4. The Morgan fingerprint density at radius 3 is 1.82 bits per heavy atom. The molecule has 0 N–H and O–H groups in total. The van der Waals surface area contributed by atoms with Gasteiger partial charge in [-0.2, -0.15) is 0 Å². The first-order valence-corrected chi connectivity index (χ1v) is 8.00. The zero-order valence-electron chi connectivity index (χ0n) is 11.2. The Labute approximate surface area is 149 Å². The van der Waals surface area contributed by atoms with E-state index in [0.29, 0.717) is 20.1 Å². The maximum atomic E-state index is 6.35. The number of benzene rings is 3. The van der Waals surface area contributed by atoms with Crippen LogP contribution in [0.3, 0.4) is 0 Å². The Bertz CT molecular complexity index is 770. The van der Waals surface area contributed by atoms with Gasteiger partial charge in [-0.25, -0.2) is 0 Å². The van der Waals surface area contributed by atoms with Crippen molar-refractivity contribution in [2.45, 2.75) is 0 Å². The molecule has 3 aromatic carbocycles. The van der Waals surface area contributed by atoms with Crippen LogP contribution in [-0.4, -0.2) is 0 Å². The molecule has 0 aromatic heterocycles. The standard InChI is InChI=1S/C18H9Cl4/c19-15-9-3-7-13(17(15)21)11-5-1-2-6-12(11)14-8-4-10-16(20)18(14)22/h1-5,7-10H. The Kier molecular flexibility index (Phi) is 4.65. The van der Waals surface area contributed by atoms with Gasteiger partial charge in [0.15, 0.2) is 0 Å². The predicted molar refractivity (Wildman–Crippen MR) is 96.2 cm³/mol. The number of hydrogen-bond acceptors (Lipinski definition) is 0. The third-order valence-electron chi connectivity index (χ3n) is 3.32. The Morgan fingerprint density at radius 2 is 1.14 bits per heavy atom. The lowest BCUT2D eigenvalue weighted by molar-refractivity contribution is 1.57. The second kappa shape index (κ2) is 6.52. The Balaban J connectivity index is 2.28. The van der Waals surface area contributed by atoms with E-state index >= 15 is 0 Å². The quantitative estimate of drug-likeness (QED) is 0.442. The van der Waals surface area contributed by atoms with Gasteiger partial charge in [0.25, 0.3) is 0 Å². The molecule has 0 saturated carbocycles. The molecule has 3 rings (SSSR count). The fraction of sp³-hybridized carbons (Fsp3) is 0. The van der Waals surface area contributed by atoms with Crippen molar-refractivity contribution in [1.29, 1.82) is 0 Å². The predicted octanol–water partition coefficient (Wildman–Crippen LogP) is 7.43. The van der Waals surface area contributed by atoms with Crippen LogP contribution in [0, 0.1) is 6.07 Å². The topological polar surface area (TPSA) is 0 Å². The highest BCUT2D eigenvalue weighted by molar-refractivity contribution is 6.44. The molecule has 4 heteroatoms. The van der Waals surface area contributed by atoms with Crippen molar-refractivity contribution in [1.82, 2.24) is 0 Å². The van der Waals surface area contributed by atoms with Crippen LogP contribution in [0.5, 0.6) is 0 Å². The molecule has 0 aliphatic rings. The zero-order chi connectivity index (χ0) is 15.7. The summed E-state index contributed by atoms with van der Waals surface area (Å²) < 4.78 is 0. The molecule has 0 bridgehead atoms. The summed E-state index contributed by atoms with van der Waals surface area (Å²) in [7, 11) is 0. The minimum Gasteiger partial charge on any atom is -0.0827 e. The monoisotopic (exact) mass is 365 g/mol. The molecule has 0 fully saturated rings. The maximum absolute atomic E-state index is 6.35. The fourth-order valence-electron chi connectivity index (χ4n) is 2.29. The number of hydrogen-bond donors (Lipinski definition) is 0. The second-order valence-corrected chi connectivity index (χ2v) is 6.23. The Hall–Kier alpha value is -1.18. The highest BCUT2D eigenvalue weighted by atomic mass is 35.5. The third-order valence-corrected chi connectivity index (χ3v) is 4.96. The molecule has 0 atom stereocenters. The summed E-state index contributed by atoms with van der Waals surface area (Å²) in [6.45, 7) is 0. The van der Waals surface area contributed by atoms with Gasteiger partial charge in [-0.05, 0) is 29.3 Å². The van der Waals surface area contributed by atoms with E-state index in [1.165, 1.54) is 0 Å². The van der Waals surface area contributed by atoms with Crippen molar-refractivity contribution in [3.8, 4) is 22.3 Å². The minimum absolute atomic E-state index is 0.492. The first kappa shape index (κ1) is 15.7. The van der Waals surface area contributed by atoms with Crippen molar-refractivity contribution in [2.24, 2.45) is 0 Å². The summed E-state index contributed by atoms with van der Waals surface area (Å²) >= 11 is 25.0. The van der Waals surface area contributed by atoms with Crippen LogP contribution in [0.25, 0.3) is 22.3 Å². The lowest BCUT2D eigenvalue weighted by Crippen LogP contribution is -1.88. The molecule has 0 aliphatic carbocycles. The van der Waals surface area contributed by atoms with Crippen LogP contribution < -0.4 is 0 Å². The normalized spacial score (nSPS) is 10.7. The van der Waals surface area contributed by atoms with Crippen molar-refractivity contribution in [3.05, 3.63) is 80.8 Å². The van der Waals surface area contributed by atoms with E-state index in [-0.39, 0.29) is 0 Å². The fourth-order valence-corrected chi connectivity index (χ4v) is 3.09. The maximum Gasteiger partial charge on any atom is 0.0671 e. The first-order chi connectivity index (χ1) is 10.6. The summed E-state index contributed by atoms with van der Waals surface area (Å²) in [6, 6.07) is 20.0. The highest BCUT2D eigenvalue weighted by Crippen LogP contribution is 2.41. The molecule has 3 aromatic rings. The van der Waals surface area contributed by atoms with Crippen molar-refractivity contribution in [3.63, 3.8) is 0 Å². The first-order valence-electron chi connectivity index (χ1n) is 6.49. The van der Waals surface area contributed by atoms with E-state index in [2.05, 4.69) is 6.07 Å². The molecule has 0 amide bonds. The molecular weight excluding hydrogens is 358 g/mol. The van der Waals surface area contributed by atoms with Gasteiger partial charge >= 0.3 is 0 Å². The summed E-state index contributed by atoms with van der Waals surface area (Å²) in [5.74, 6) is 0. The van der Waals surface area contributed by atoms with Crippen molar-refractivity contribution >= 4 is 46.4 Å². The van der Waals surface area contributed by atoms with Crippen molar-refractivity contribution < 1.29 is 0 Å². The minimum atomic E-state index is 0.492. The summed E-state index contributed by atoms with van der Waals surface area (Å²) in [5, 5.41) is 2.00. The molecule has 0 unspecified atom stereocenters. The van der Waals surface area contributed by atoms with Crippen LogP contribution in [0.1, 0.15) is 0 Å². The zero-order valence-corrected chi connectivity index (χ0v) is 14.2. The smallest absolute Gasteiger partial charge is 0.0671 e. The second-order valence-electron chi connectivity index (χ2n) is 4.66. The van der Waals surface area contributed by atoms with Crippen LogP contribution >= 0.6 is 46.4 Å². The Morgan fingerprint density at radius 1 is 0.591 bits per heavy atom. The van der Waals surface area contributed by atoms with Gasteiger partial charge in [-0.15, -0.1) is 0 Å². The van der Waals surface area contributed by atoms with E-state index in [1.54, 1.807) is 12.1 Å². The average molecular weight is 367 g/mol. The van der Waals surface area contributed by atoms with Crippen LogP contribution in [0.4, 0.5) is 0 Å². The van der Waals surface area contributed by atoms with Gasteiger partial charge in [0.2, 0.25) is 0 Å². The van der Waals surface area contributed by atoms with E-state index in [4.69, 9.17) is 46.4 Å². The van der Waals surface area contributed by atoms with Crippen molar-refractivity contribution in [2.75, 3.05) is 0 Å². The summed E-state index contributed by atoms with van der Waals surface area (Å²) in [6.07, 6.45) is 0. The third kappa shape index (κ3) is 2.85. The molecule has 109 valence electrons. The van der Waals surface area contributed by atoms with E-state index < -0.39 is 0 Å².